The third-order valence-electron chi connectivity index (χ3n) is 4.19. The van der Waals surface area contributed by atoms with Crippen LogP contribution in [0.5, 0.6) is 11.5 Å². The minimum absolute atomic E-state index is 0.0818. The van der Waals surface area contributed by atoms with Crippen molar-refractivity contribution in [3.8, 4) is 11.5 Å². The standard InChI is InChI=1S/C22H14ClFO3/c23-18-7-3-1-6-15(18)13-26-16-9-10-17-20(12-16)27-21(22(17)25)11-14-5-2-4-8-19(14)24/h1-12H,13H2/b21-11-. The van der Waals surface area contributed by atoms with Gasteiger partial charge in [0.05, 0.1) is 5.56 Å². The van der Waals surface area contributed by atoms with Crippen LogP contribution < -0.4 is 9.47 Å². The highest BCUT2D eigenvalue weighted by Gasteiger charge is 2.28. The molecule has 5 heteroatoms. The Morgan fingerprint density at radius 2 is 1.81 bits per heavy atom. The number of Topliss-reactive ketones (excluding diaryl/α,β-unsaturated/α-hetero) is 1. The zero-order valence-electron chi connectivity index (χ0n) is 14.1. The van der Waals surface area contributed by atoms with Crippen molar-refractivity contribution in [2.75, 3.05) is 0 Å². The summed E-state index contributed by atoms with van der Waals surface area (Å²) in [6.07, 6.45) is 1.40. The van der Waals surface area contributed by atoms with Crippen molar-refractivity contribution in [3.63, 3.8) is 0 Å². The summed E-state index contributed by atoms with van der Waals surface area (Å²) in [5.41, 5.74) is 1.57. The van der Waals surface area contributed by atoms with Crippen LogP contribution in [0.2, 0.25) is 5.02 Å². The first-order valence-electron chi connectivity index (χ1n) is 8.31. The Balaban J connectivity index is 1.54. The first kappa shape index (κ1) is 17.3. The number of rotatable bonds is 4. The van der Waals surface area contributed by atoms with Crippen molar-refractivity contribution < 1.29 is 18.7 Å². The van der Waals surface area contributed by atoms with E-state index in [4.69, 9.17) is 21.1 Å². The van der Waals surface area contributed by atoms with Crippen molar-refractivity contribution in [1.29, 1.82) is 0 Å². The van der Waals surface area contributed by atoms with E-state index in [1.165, 1.54) is 12.1 Å². The van der Waals surface area contributed by atoms with E-state index in [0.29, 0.717) is 34.3 Å². The van der Waals surface area contributed by atoms with Gasteiger partial charge in [0.2, 0.25) is 5.78 Å². The van der Waals surface area contributed by atoms with E-state index in [1.807, 2.05) is 18.2 Å². The molecule has 0 bridgehead atoms. The fraction of sp³-hybridized carbons (Fsp3) is 0.0455. The van der Waals surface area contributed by atoms with Gasteiger partial charge in [-0.1, -0.05) is 48.0 Å². The summed E-state index contributed by atoms with van der Waals surface area (Å²) in [7, 11) is 0. The van der Waals surface area contributed by atoms with E-state index in [-0.39, 0.29) is 11.5 Å². The predicted molar refractivity (Wildman–Crippen MR) is 102 cm³/mol. The molecule has 1 aliphatic rings. The predicted octanol–water partition coefficient (Wildman–Crippen LogP) is 5.67. The van der Waals surface area contributed by atoms with Gasteiger partial charge in [0, 0.05) is 22.2 Å². The van der Waals surface area contributed by atoms with Crippen LogP contribution >= 0.6 is 11.6 Å². The molecule has 3 aromatic carbocycles. The molecule has 27 heavy (non-hydrogen) atoms. The zero-order valence-corrected chi connectivity index (χ0v) is 14.9. The van der Waals surface area contributed by atoms with Gasteiger partial charge in [-0.3, -0.25) is 4.79 Å². The topological polar surface area (TPSA) is 35.5 Å². The second-order valence-electron chi connectivity index (χ2n) is 6.00. The molecule has 134 valence electrons. The Hall–Kier alpha value is -3.11. The molecule has 0 aliphatic carbocycles. The lowest BCUT2D eigenvalue weighted by molar-refractivity contribution is 0.101. The molecule has 1 heterocycles. The number of allylic oxidation sites excluding steroid dienone is 1. The van der Waals surface area contributed by atoms with Crippen LogP contribution in [0.1, 0.15) is 21.5 Å². The van der Waals surface area contributed by atoms with Gasteiger partial charge < -0.3 is 9.47 Å². The fourth-order valence-electron chi connectivity index (χ4n) is 2.77. The number of carbonyl (C=O) groups is 1. The molecule has 3 aromatic rings. The Bertz CT molecular complexity index is 1060. The monoisotopic (exact) mass is 380 g/mol. The van der Waals surface area contributed by atoms with E-state index >= 15 is 0 Å². The molecule has 0 unspecified atom stereocenters. The minimum atomic E-state index is -0.416. The number of hydrogen-bond acceptors (Lipinski definition) is 3. The van der Waals surface area contributed by atoms with Gasteiger partial charge in [-0.2, -0.15) is 0 Å². The van der Waals surface area contributed by atoms with Crippen LogP contribution in [0.3, 0.4) is 0 Å². The summed E-state index contributed by atoms with van der Waals surface area (Å²) in [4.78, 5) is 12.5. The van der Waals surface area contributed by atoms with Gasteiger partial charge in [0.25, 0.3) is 0 Å². The molecule has 0 fully saturated rings. The molecule has 0 saturated carbocycles. The summed E-state index contributed by atoms with van der Waals surface area (Å²) >= 11 is 6.12. The maximum atomic E-state index is 13.8. The zero-order chi connectivity index (χ0) is 18.8. The number of halogens is 2. The molecule has 3 nitrogen and oxygen atoms in total. The molecule has 0 saturated heterocycles. The lowest BCUT2D eigenvalue weighted by Crippen LogP contribution is -1.98. The first-order valence-corrected chi connectivity index (χ1v) is 8.68. The molecular formula is C22H14ClFO3. The van der Waals surface area contributed by atoms with Gasteiger partial charge in [-0.25, -0.2) is 4.39 Å². The van der Waals surface area contributed by atoms with Crippen molar-refractivity contribution >= 4 is 23.5 Å². The smallest absolute Gasteiger partial charge is 0.231 e. The van der Waals surface area contributed by atoms with Crippen molar-refractivity contribution in [3.05, 3.63) is 100 Å². The number of carbonyl (C=O) groups excluding carboxylic acids is 1. The van der Waals surface area contributed by atoms with Crippen LogP contribution in [0.15, 0.2) is 72.5 Å². The SMILES string of the molecule is O=C1/C(=C/c2ccccc2F)Oc2cc(OCc3ccccc3Cl)ccc21. The van der Waals surface area contributed by atoms with Crippen LogP contribution in [0.25, 0.3) is 6.08 Å². The van der Waals surface area contributed by atoms with Gasteiger partial charge in [0.1, 0.15) is 23.9 Å². The van der Waals surface area contributed by atoms with Crippen molar-refractivity contribution in [1.82, 2.24) is 0 Å². The molecule has 0 aromatic heterocycles. The molecule has 0 spiro atoms. The van der Waals surface area contributed by atoms with Gasteiger partial charge in [-0.15, -0.1) is 0 Å². The molecule has 0 atom stereocenters. The molecule has 1 aliphatic heterocycles. The fourth-order valence-corrected chi connectivity index (χ4v) is 2.96. The van der Waals surface area contributed by atoms with E-state index in [0.717, 1.165) is 5.56 Å². The third kappa shape index (κ3) is 3.57. The van der Waals surface area contributed by atoms with Crippen LogP contribution in [0, 0.1) is 5.82 Å². The van der Waals surface area contributed by atoms with Crippen LogP contribution in [-0.2, 0) is 6.61 Å². The third-order valence-corrected chi connectivity index (χ3v) is 4.55. The molecule has 4 rings (SSSR count). The summed E-state index contributed by atoms with van der Waals surface area (Å²) in [5.74, 6) is 0.318. The highest BCUT2D eigenvalue weighted by atomic mass is 35.5. The highest BCUT2D eigenvalue weighted by molar-refractivity contribution is 6.31. The Kier molecular flexibility index (Phi) is 4.65. The lowest BCUT2D eigenvalue weighted by atomic mass is 10.1. The average Bonchev–Trinajstić information content (AvgIpc) is 2.98. The number of fused-ring (bicyclic) bond motifs is 1. The van der Waals surface area contributed by atoms with Crippen LogP contribution in [-0.4, -0.2) is 5.78 Å². The number of benzene rings is 3. The number of ether oxygens (including phenoxy) is 2. The van der Waals surface area contributed by atoms with E-state index in [1.54, 1.807) is 42.5 Å². The van der Waals surface area contributed by atoms with Gasteiger partial charge in [-0.05, 0) is 30.3 Å². The van der Waals surface area contributed by atoms with Crippen molar-refractivity contribution in [2.45, 2.75) is 6.61 Å². The Morgan fingerprint density at radius 1 is 1.04 bits per heavy atom. The lowest BCUT2D eigenvalue weighted by Gasteiger charge is -2.08. The molecule has 0 N–H and O–H groups in total. The number of hydrogen-bond donors (Lipinski definition) is 0. The second-order valence-corrected chi connectivity index (χ2v) is 6.41. The normalized spacial score (nSPS) is 14.1. The summed E-state index contributed by atoms with van der Waals surface area (Å²) in [5, 5.41) is 0.625. The maximum absolute atomic E-state index is 13.8. The Labute approximate surface area is 160 Å². The van der Waals surface area contributed by atoms with Gasteiger partial charge in [0.15, 0.2) is 5.76 Å². The average molecular weight is 381 g/mol. The minimum Gasteiger partial charge on any atom is -0.489 e. The molecular weight excluding hydrogens is 367 g/mol. The number of ketones is 1. The van der Waals surface area contributed by atoms with Crippen LogP contribution in [0.4, 0.5) is 4.39 Å². The Morgan fingerprint density at radius 3 is 2.63 bits per heavy atom. The second kappa shape index (κ2) is 7.25. The molecule has 0 amide bonds. The largest absolute Gasteiger partial charge is 0.489 e. The van der Waals surface area contributed by atoms with E-state index < -0.39 is 5.82 Å². The first-order chi connectivity index (χ1) is 13.1. The molecule has 0 radical (unpaired) electrons. The van der Waals surface area contributed by atoms with Gasteiger partial charge >= 0.3 is 0 Å². The van der Waals surface area contributed by atoms with E-state index in [9.17, 15) is 9.18 Å². The quantitative estimate of drug-likeness (QED) is 0.547. The van der Waals surface area contributed by atoms with E-state index in [2.05, 4.69) is 0 Å². The summed E-state index contributed by atoms with van der Waals surface area (Å²) < 4.78 is 25.2. The maximum Gasteiger partial charge on any atom is 0.231 e. The summed E-state index contributed by atoms with van der Waals surface area (Å²) in [6, 6.07) is 18.6. The summed E-state index contributed by atoms with van der Waals surface area (Å²) in [6.45, 7) is 0.296. The van der Waals surface area contributed by atoms with Crippen molar-refractivity contribution in [2.24, 2.45) is 0 Å². The highest BCUT2D eigenvalue weighted by Crippen LogP contribution is 2.35.